The molecule has 1 aromatic carbocycles. The summed E-state index contributed by atoms with van der Waals surface area (Å²) >= 11 is 0. The first-order valence-corrected chi connectivity index (χ1v) is 6.07. The van der Waals surface area contributed by atoms with Gasteiger partial charge in [0.15, 0.2) is 0 Å². The number of fused-ring (bicyclic) bond motifs is 1. The number of anilines is 1. The van der Waals surface area contributed by atoms with E-state index in [1.807, 2.05) is 13.8 Å². The summed E-state index contributed by atoms with van der Waals surface area (Å²) in [5, 5.41) is 8.94. The molecule has 1 aliphatic carbocycles. The van der Waals surface area contributed by atoms with Gasteiger partial charge >= 0.3 is 5.97 Å². The van der Waals surface area contributed by atoms with Crippen LogP contribution in [0.15, 0.2) is 24.3 Å². The van der Waals surface area contributed by atoms with E-state index in [0.29, 0.717) is 5.69 Å². The minimum absolute atomic E-state index is 0.0675. The van der Waals surface area contributed by atoms with Crippen molar-refractivity contribution in [2.75, 3.05) is 4.90 Å². The molecule has 5 nitrogen and oxygen atoms in total. The zero-order valence-corrected chi connectivity index (χ0v) is 10.6. The monoisotopic (exact) mass is 259 g/mol. The number of imide groups is 1. The molecule has 19 heavy (non-hydrogen) atoms. The van der Waals surface area contributed by atoms with E-state index in [0.717, 1.165) is 4.90 Å². The van der Waals surface area contributed by atoms with Gasteiger partial charge in [0.25, 0.3) is 0 Å². The molecule has 2 fully saturated rings. The van der Waals surface area contributed by atoms with Crippen LogP contribution in [0.25, 0.3) is 0 Å². The van der Waals surface area contributed by atoms with Crippen LogP contribution in [0.1, 0.15) is 24.2 Å². The van der Waals surface area contributed by atoms with Crippen molar-refractivity contribution in [1.29, 1.82) is 0 Å². The SMILES string of the molecule is CC1(C)[C@@H]2C(=O)N(c3cccc(C(=O)O)c3)C(=O)[C@@H]21. The highest BCUT2D eigenvalue weighted by atomic mass is 16.4. The van der Waals surface area contributed by atoms with Gasteiger partial charge in [-0.15, -0.1) is 0 Å². The van der Waals surface area contributed by atoms with Gasteiger partial charge in [0, 0.05) is 0 Å². The van der Waals surface area contributed by atoms with Crippen molar-refractivity contribution in [3.05, 3.63) is 29.8 Å². The number of hydrogen-bond donors (Lipinski definition) is 1. The quantitative estimate of drug-likeness (QED) is 0.817. The van der Waals surface area contributed by atoms with Crippen molar-refractivity contribution < 1.29 is 19.5 Å². The molecule has 1 aliphatic heterocycles. The van der Waals surface area contributed by atoms with Crippen molar-refractivity contribution in [1.82, 2.24) is 0 Å². The second-order valence-electron chi connectivity index (χ2n) is 5.64. The van der Waals surface area contributed by atoms with E-state index in [4.69, 9.17) is 5.11 Å². The summed E-state index contributed by atoms with van der Waals surface area (Å²) < 4.78 is 0. The third kappa shape index (κ3) is 1.44. The van der Waals surface area contributed by atoms with E-state index >= 15 is 0 Å². The van der Waals surface area contributed by atoms with Crippen molar-refractivity contribution >= 4 is 23.5 Å². The average Bonchev–Trinajstić information content (AvgIpc) is 2.79. The van der Waals surface area contributed by atoms with Crippen molar-refractivity contribution in [2.24, 2.45) is 17.3 Å². The van der Waals surface area contributed by atoms with Crippen molar-refractivity contribution in [3.8, 4) is 0 Å². The minimum Gasteiger partial charge on any atom is -0.478 e. The average molecular weight is 259 g/mol. The zero-order valence-electron chi connectivity index (χ0n) is 10.6. The minimum atomic E-state index is -1.08. The lowest BCUT2D eigenvalue weighted by Gasteiger charge is -2.20. The highest BCUT2D eigenvalue weighted by molar-refractivity contribution is 6.25. The number of benzene rings is 1. The number of hydrogen-bond acceptors (Lipinski definition) is 3. The maximum atomic E-state index is 12.2. The fourth-order valence-corrected chi connectivity index (χ4v) is 2.98. The van der Waals surface area contributed by atoms with Crippen LogP contribution in [0.4, 0.5) is 5.69 Å². The standard InChI is InChI=1S/C14H13NO4/c1-14(2)9-10(14)12(17)15(11(9)16)8-5-3-4-7(6-8)13(18)19/h3-6,9-10H,1-2H3,(H,18,19)/t9-,10+. The van der Waals surface area contributed by atoms with E-state index in [-0.39, 0.29) is 34.6 Å². The first-order chi connectivity index (χ1) is 8.85. The Morgan fingerprint density at radius 1 is 1.21 bits per heavy atom. The van der Waals surface area contributed by atoms with Crippen LogP contribution in [0, 0.1) is 17.3 Å². The molecular formula is C14H13NO4. The van der Waals surface area contributed by atoms with Crippen LogP contribution < -0.4 is 4.90 Å². The molecule has 98 valence electrons. The molecule has 1 saturated heterocycles. The molecule has 3 rings (SSSR count). The Morgan fingerprint density at radius 3 is 2.32 bits per heavy atom. The van der Waals surface area contributed by atoms with Crippen LogP contribution in [0.2, 0.25) is 0 Å². The fourth-order valence-electron chi connectivity index (χ4n) is 2.98. The number of piperidine rings is 1. The summed E-state index contributed by atoms with van der Waals surface area (Å²) in [5.74, 6) is -2.03. The van der Waals surface area contributed by atoms with E-state index in [1.165, 1.54) is 18.2 Å². The Balaban J connectivity index is 1.97. The van der Waals surface area contributed by atoms with Gasteiger partial charge in [0.2, 0.25) is 11.8 Å². The largest absolute Gasteiger partial charge is 0.478 e. The maximum absolute atomic E-state index is 12.2. The molecule has 2 amide bonds. The summed E-state index contributed by atoms with van der Waals surface area (Å²) in [5.41, 5.74) is 0.158. The summed E-state index contributed by atoms with van der Waals surface area (Å²) in [4.78, 5) is 36.5. The number of carboxylic acids is 1. The zero-order chi connectivity index (χ0) is 13.9. The summed E-state index contributed by atoms with van der Waals surface area (Å²) in [6.45, 7) is 3.81. The molecule has 5 heteroatoms. The molecule has 0 unspecified atom stereocenters. The first kappa shape index (κ1) is 11.9. The number of aromatic carboxylic acids is 1. The number of nitrogens with zero attached hydrogens (tertiary/aromatic N) is 1. The predicted molar refractivity (Wildman–Crippen MR) is 66.7 cm³/mol. The lowest BCUT2D eigenvalue weighted by Crippen LogP contribution is -2.36. The lowest BCUT2D eigenvalue weighted by molar-refractivity contribution is -0.125. The molecule has 1 aromatic rings. The molecule has 0 radical (unpaired) electrons. The summed E-state index contributed by atoms with van der Waals surface area (Å²) in [7, 11) is 0. The highest BCUT2D eigenvalue weighted by Crippen LogP contribution is 2.63. The van der Waals surface area contributed by atoms with Crippen LogP contribution in [0.5, 0.6) is 0 Å². The topological polar surface area (TPSA) is 74.7 Å². The number of carbonyl (C=O) groups is 3. The van der Waals surface area contributed by atoms with Gasteiger partial charge in [-0.3, -0.25) is 9.59 Å². The van der Waals surface area contributed by atoms with E-state index in [9.17, 15) is 14.4 Å². The third-order valence-electron chi connectivity index (χ3n) is 4.15. The van der Waals surface area contributed by atoms with E-state index < -0.39 is 5.97 Å². The fraction of sp³-hybridized carbons (Fsp3) is 0.357. The molecule has 2 aliphatic rings. The molecule has 0 bridgehead atoms. The van der Waals surface area contributed by atoms with E-state index in [1.54, 1.807) is 6.07 Å². The predicted octanol–water partition coefficient (Wildman–Crippen LogP) is 1.53. The summed E-state index contributed by atoms with van der Waals surface area (Å²) in [6.07, 6.45) is 0. The number of carbonyl (C=O) groups excluding carboxylic acids is 2. The Kier molecular flexibility index (Phi) is 2.15. The van der Waals surface area contributed by atoms with Gasteiger partial charge in [-0.2, -0.15) is 0 Å². The Morgan fingerprint density at radius 2 is 1.79 bits per heavy atom. The smallest absolute Gasteiger partial charge is 0.335 e. The summed E-state index contributed by atoms with van der Waals surface area (Å²) in [6, 6.07) is 5.91. The van der Waals surface area contributed by atoms with Gasteiger partial charge in [-0.25, -0.2) is 9.69 Å². The second kappa shape index (κ2) is 3.44. The lowest BCUT2D eigenvalue weighted by atomic mass is 10.0. The number of amides is 2. The van der Waals surface area contributed by atoms with E-state index in [2.05, 4.69) is 0 Å². The van der Waals surface area contributed by atoms with Gasteiger partial charge in [-0.05, 0) is 23.6 Å². The maximum Gasteiger partial charge on any atom is 0.335 e. The Bertz CT molecular complexity index is 596. The number of rotatable bonds is 2. The van der Waals surface area contributed by atoms with Crippen LogP contribution in [-0.4, -0.2) is 22.9 Å². The van der Waals surface area contributed by atoms with Crippen molar-refractivity contribution in [3.63, 3.8) is 0 Å². The van der Waals surface area contributed by atoms with Crippen LogP contribution >= 0.6 is 0 Å². The van der Waals surface area contributed by atoms with Gasteiger partial charge in [0.05, 0.1) is 23.1 Å². The molecule has 0 aromatic heterocycles. The molecular weight excluding hydrogens is 246 g/mol. The van der Waals surface area contributed by atoms with Crippen LogP contribution in [-0.2, 0) is 9.59 Å². The third-order valence-corrected chi connectivity index (χ3v) is 4.15. The Hall–Kier alpha value is -2.17. The molecule has 1 heterocycles. The molecule has 1 saturated carbocycles. The molecule has 1 N–H and O–H groups in total. The normalized spacial score (nSPS) is 27.4. The number of carboxylic acid groups (broad SMARTS) is 1. The highest BCUT2D eigenvalue weighted by Gasteiger charge is 2.72. The second-order valence-corrected chi connectivity index (χ2v) is 5.64. The van der Waals surface area contributed by atoms with Gasteiger partial charge in [-0.1, -0.05) is 19.9 Å². The first-order valence-electron chi connectivity index (χ1n) is 6.07. The molecule has 2 atom stereocenters. The van der Waals surface area contributed by atoms with Gasteiger partial charge in [0.1, 0.15) is 0 Å². The molecule has 0 spiro atoms. The Labute approximate surface area is 109 Å². The van der Waals surface area contributed by atoms with Crippen molar-refractivity contribution in [2.45, 2.75) is 13.8 Å². The van der Waals surface area contributed by atoms with Crippen LogP contribution in [0.3, 0.4) is 0 Å². The van der Waals surface area contributed by atoms with Gasteiger partial charge < -0.3 is 5.11 Å².